The van der Waals surface area contributed by atoms with Gasteiger partial charge in [-0.1, -0.05) is 25.0 Å². The van der Waals surface area contributed by atoms with E-state index < -0.39 is 17.7 Å². The van der Waals surface area contributed by atoms with E-state index >= 15 is 0 Å². The van der Waals surface area contributed by atoms with Crippen LogP contribution in [-0.2, 0) is 9.59 Å². The van der Waals surface area contributed by atoms with E-state index in [0.717, 1.165) is 36.1 Å². The molecule has 1 saturated carbocycles. The molecule has 28 heavy (non-hydrogen) atoms. The van der Waals surface area contributed by atoms with Crippen LogP contribution in [0.25, 0.3) is 5.76 Å². The van der Waals surface area contributed by atoms with Crippen molar-refractivity contribution in [3.8, 4) is 5.75 Å². The molecular formula is C22H23NO4S. The van der Waals surface area contributed by atoms with Gasteiger partial charge in [0.2, 0.25) is 0 Å². The summed E-state index contributed by atoms with van der Waals surface area (Å²) in [5.41, 5.74) is 1.68. The van der Waals surface area contributed by atoms with E-state index in [9.17, 15) is 14.7 Å². The van der Waals surface area contributed by atoms with Gasteiger partial charge in [-0.25, -0.2) is 0 Å². The largest absolute Gasteiger partial charge is 0.507 e. The second kappa shape index (κ2) is 7.43. The van der Waals surface area contributed by atoms with Gasteiger partial charge in [-0.2, -0.15) is 0 Å². The molecule has 0 spiro atoms. The van der Waals surface area contributed by atoms with Gasteiger partial charge in [-0.3, -0.25) is 9.59 Å². The van der Waals surface area contributed by atoms with Crippen LogP contribution in [0.15, 0.2) is 41.3 Å². The van der Waals surface area contributed by atoms with Crippen molar-refractivity contribution in [2.75, 3.05) is 7.11 Å². The summed E-state index contributed by atoms with van der Waals surface area (Å²) in [6, 6.07) is 8.42. The second-order valence-electron chi connectivity index (χ2n) is 7.34. The maximum absolute atomic E-state index is 13.0. The lowest BCUT2D eigenvalue weighted by Crippen LogP contribution is -2.37. The van der Waals surface area contributed by atoms with E-state index in [2.05, 4.69) is 0 Å². The summed E-state index contributed by atoms with van der Waals surface area (Å²) in [4.78, 5) is 28.7. The van der Waals surface area contributed by atoms with Crippen LogP contribution in [0.1, 0.15) is 47.7 Å². The Hall–Kier alpha value is -2.60. The molecule has 1 aliphatic carbocycles. The van der Waals surface area contributed by atoms with Gasteiger partial charge in [0, 0.05) is 16.5 Å². The van der Waals surface area contributed by atoms with Gasteiger partial charge in [-0.15, -0.1) is 11.3 Å². The van der Waals surface area contributed by atoms with E-state index in [4.69, 9.17) is 4.74 Å². The summed E-state index contributed by atoms with van der Waals surface area (Å²) < 4.78 is 5.24. The zero-order valence-electron chi connectivity index (χ0n) is 16.0. The normalized spacial score (nSPS) is 22.2. The van der Waals surface area contributed by atoms with Crippen LogP contribution in [0.4, 0.5) is 0 Å². The van der Waals surface area contributed by atoms with Gasteiger partial charge in [-0.05, 0) is 48.9 Å². The van der Waals surface area contributed by atoms with Crippen LogP contribution in [0.2, 0.25) is 0 Å². The number of thiophene rings is 1. The molecule has 1 saturated heterocycles. The van der Waals surface area contributed by atoms with Crippen molar-refractivity contribution in [2.45, 2.75) is 44.7 Å². The van der Waals surface area contributed by atoms with Crippen molar-refractivity contribution in [3.63, 3.8) is 0 Å². The standard InChI is InChI=1S/C22H23NO4S/c1-13-10-11-28-21(13)18-17(19(24)14-6-5-9-16(12-14)27-2)20(25)22(26)23(18)15-7-3-4-8-15/h5-6,9-12,15,18,24H,3-4,7-8H2,1-2H3/b19-17-. The summed E-state index contributed by atoms with van der Waals surface area (Å²) in [5, 5.41) is 13.0. The van der Waals surface area contributed by atoms with Crippen LogP contribution >= 0.6 is 11.3 Å². The van der Waals surface area contributed by atoms with Gasteiger partial charge in [0.15, 0.2) is 0 Å². The van der Waals surface area contributed by atoms with Crippen molar-refractivity contribution in [3.05, 3.63) is 57.3 Å². The average Bonchev–Trinajstić information content (AvgIpc) is 3.42. The molecule has 2 heterocycles. The summed E-state index contributed by atoms with van der Waals surface area (Å²) in [7, 11) is 1.55. The van der Waals surface area contributed by atoms with Gasteiger partial charge < -0.3 is 14.7 Å². The number of likely N-dealkylation sites (tertiary alicyclic amines) is 1. The molecule has 4 rings (SSSR count). The predicted molar refractivity (Wildman–Crippen MR) is 108 cm³/mol. The number of methoxy groups -OCH3 is 1. The second-order valence-corrected chi connectivity index (χ2v) is 8.29. The van der Waals surface area contributed by atoms with E-state index in [-0.39, 0.29) is 17.4 Å². The first-order chi connectivity index (χ1) is 13.5. The van der Waals surface area contributed by atoms with Crippen molar-refractivity contribution in [1.29, 1.82) is 0 Å². The number of aliphatic hydroxyl groups is 1. The van der Waals surface area contributed by atoms with E-state index in [1.807, 2.05) is 18.4 Å². The molecule has 2 aromatic rings. The minimum absolute atomic E-state index is 0.0403. The number of ketones is 1. The highest BCUT2D eigenvalue weighted by atomic mass is 32.1. The first-order valence-corrected chi connectivity index (χ1v) is 10.4. The summed E-state index contributed by atoms with van der Waals surface area (Å²) >= 11 is 1.52. The van der Waals surface area contributed by atoms with Crippen LogP contribution in [0, 0.1) is 6.92 Å². The van der Waals surface area contributed by atoms with Gasteiger partial charge >= 0.3 is 0 Å². The lowest BCUT2D eigenvalue weighted by molar-refractivity contribution is -0.141. The summed E-state index contributed by atoms with van der Waals surface area (Å²) in [6.45, 7) is 1.98. The molecule has 0 bridgehead atoms. The molecule has 1 aromatic heterocycles. The van der Waals surface area contributed by atoms with Gasteiger partial charge in [0.25, 0.3) is 11.7 Å². The fourth-order valence-electron chi connectivity index (χ4n) is 4.26. The van der Waals surface area contributed by atoms with Crippen molar-refractivity contribution in [2.24, 2.45) is 0 Å². The average molecular weight is 397 g/mol. The fourth-order valence-corrected chi connectivity index (χ4v) is 5.29. The highest BCUT2D eigenvalue weighted by molar-refractivity contribution is 7.10. The van der Waals surface area contributed by atoms with Crippen LogP contribution < -0.4 is 4.74 Å². The summed E-state index contributed by atoms with van der Waals surface area (Å²) in [5.74, 6) is -0.673. The molecule has 146 valence electrons. The molecule has 6 heteroatoms. The number of aryl methyl sites for hydroxylation is 1. The minimum Gasteiger partial charge on any atom is -0.507 e. The number of amides is 1. The Morgan fingerprint density at radius 3 is 2.61 bits per heavy atom. The van der Waals surface area contributed by atoms with Gasteiger partial charge in [0.1, 0.15) is 17.6 Å². The Kier molecular flexibility index (Phi) is 4.98. The molecular weight excluding hydrogens is 374 g/mol. The zero-order chi connectivity index (χ0) is 19.8. The Bertz CT molecular complexity index is 955. The smallest absolute Gasteiger partial charge is 0.295 e. The molecule has 1 amide bonds. The number of nitrogens with zero attached hydrogens (tertiary/aromatic N) is 1. The number of carbonyl (C=O) groups excluding carboxylic acids is 2. The number of benzene rings is 1. The number of Topliss-reactive ketones (excluding diaryl/α,β-unsaturated/α-hetero) is 1. The van der Waals surface area contributed by atoms with Crippen molar-refractivity contribution in [1.82, 2.24) is 4.90 Å². The zero-order valence-corrected chi connectivity index (χ0v) is 16.8. The molecule has 1 unspecified atom stereocenters. The van der Waals surface area contributed by atoms with Crippen molar-refractivity contribution >= 4 is 28.8 Å². The first kappa shape index (κ1) is 18.7. The topological polar surface area (TPSA) is 66.8 Å². The fraction of sp³-hybridized carbons (Fsp3) is 0.364. The van der Waals surface area contributed by atoms with E-state index in [1.165, 1.54) is 11.3 Å². The number of aliphatic hydroxyl groups excluding tert-OH is 1. The maximum Gasteiger partial charge on any atom is 0.295 e. The van der Waals surface area contributed by atoms with Crippen LogP contribution in [0.5, 0.6) is 5.75 Å². The number of ether oxygens (including phenoxy) is 1. The highest BCUT2D eigenvalue weighted by Gasteiger charge is 2.50. The molecule has 1 atom stereocenters. The third-order valence-electron chi connectivity index (χ3n) is 5.69. The lowest BCUT2D eigenvalue weighted by Gasteiger charge is -2.30. The third kappa shape index (κ3) is 3.02. The Morgan fingerprint density at radius 1 is 1.21 bits per heavy atom. The van der Waals surface area contributed by atoms with Gasteiger partial charge in [0.05, 0.1) is 12.7 Å². The Balaban J connectivity index is 1.89. The number of rotatable bonds is 4. The van der Waals surface area contributed by atoms with E-state index in [0.29, 0.717) is 11.3 Å². The molecule has 1 aromatic carbocycles. The van der Waals surface area contributed by atoms with E-state index in [1.54, 1.807) is 36.3 Å². The highest BCUT2D eigenvalue weighted by Crippen LogP contribution is 2.45. The van der Waals surface area contributed by atoms with Crippen molar-refractivity contribution < 1.29 is 19.4 Å². The maximum atomic E-state index is 13.0. The first-order valence-electron chi connectivity index (χ1n) is 9.51. The molecule has 5 nitrogen and oxygen atoms in total. The Morgan fingerprint density at radius 2 is 1.96 bits per heavy atom. The summed E-state index contributed by atoms with van der Waals surface area (Å²) in [6.07, 6.45) is 3.90. The molecule has 1 aliphatic heterocycles. The SMILES string of the molecule is COc1cccc(/C(O)=C2/C(=O)C(=O)N(C3CCCC3)C2c2sccc2C)c1. The number of hydrogen-bond acceptors (Lipinski definition) is 5. The monoisotopic (exact) mass is 397 g/mol. The molecule has 1 N–H and O–H groups in total. The predicted octanol–water partition coefficient (Wildman–Crippen LogP) is 4.43. The lowest BCUT2D eigenvalue weighted by atomic mass is 9.97. The molecule has 0 radical (unpaired) electrons. The quantitative estimate of drug-likeness (QED) is 0.471. The number of hydrogen-bond donors (Lipinski definition) is 1. The number of carbonyl (C=O) groups is 2. The van der Waals surface area contributed by atoms with Crippen LogP contribution in [0.3, 0.4) is 0 Å². The molecule has 2 aliphatic rings. The third-order valence-corrected chi connectivity index (χ3v) is 6.76. The van der Waals surface area contributed by atoms with Crippen LogP contribution in [-0.4, -0.2) is 34.8 Å². The Labute approximate surface area is 168 Å². The molecule has 2 fully saturated rings. The minimum atomic E-state index is -0.606.